The average Bonchev–Trinajstić information content (AvgIpc) is 2.38. The predicted octanol–water partition coefficient (Wildman–Crippen LogP) is 0.0344. The minimum atomic E-state index is -0.112. The molecule has 0 aromatic heterocycles. The highest BCUT2D eigenvalue weighted by molar-refractivity contribution is 5.95. The standard InChI is InChI=1S/C12H15NO4/c14-6-9-3-10(7-15)5-11(4-9)13-1-2-17-8-12(13)16/h3-5,14-15H,1-2,6-8H2. The maximum absolute atomic E-state index is 11.7. The zero-order valence-corrected chi connectivity index (χ0v) is 9.43. The van der Waals surface area contributed by atoms with E-state index >= 15 is 0 Å². The molecule has 2 N–H and O–H groups in total. The Morgan fingerprint density at radius 3 is 2.35 bits per heavy atom. The number of hydrogen-bond acceptors (Lipinski definition) is 4. The number of carbonyl (C=O) groups is 1. The smallest absolute Gasteiger partial charge is 0.253 e. The first-order valence-corrected chi connectivity index (χ1v) is 5.47. The normalized spacial score (nSPS) is 16.4. The van der Waals surface area contributed by atoms with Gasteiger partial charge in [0.25, 0.3) is 5.91 Å². The lowest BCUT2D eigenvalue weighted by Gasteiger charge is -2.27. The van der Waals surface area contributed by atoms with Crippen molar-refractivity contribution in [2.24, 2.45) is 0 Å². The maximum atomic E-state index is 11.7. The summed E-state index contributed by atoms with van der Waals surface area (Å²) in [5.41, 5.74) is 2.07. The van der Waals surface area contributed by atoms with Gasteiger partial charge in [-0.1, -0.05) is 6.07 Å². The largest absolute Gasteiger partial charge is 0.392 e. The number of aliphatic hydroxyl groups is 2. The zero-order chi connectivity index (χ0) is 12.3. The summed E-state index contributed by atoms with van der Waals surface area (Å²) >= 11 is 0. The number of morpholine rings is 1. The van der Waals surface area contributed by atoms with Crippen molar-refractivity contribution < 1.29 is 19.7 Å². The number of anilines is 1. The second kappa shape index (κ2) is 5.27. The molecule has 1 aliphatic heterocycles. The number of amides is 1. The Morgan fingerprint density at radius 1 is 1.18 bits per heavy atom. The highest BCUT2D eigenvalue weighted by Gasteiger charge is 2.20. The zero-order valence-electron chi connectivity index (χ0n) is 9.43. The summed E-state index contributed by atoms with van der Waals surface area (Å²) in [4.78, 5) is 13.3. The SMILES string of the molecule is O=C1COCCN1c1cc(CO)cc(CO)c1. The topological polar surface area (TPSA) is 70.0 Å². The van der Waals surface area contributed by atoms with Gasteiger partial charge < -0.3 is 19.8 Å². The van der Waals surface area contributed by atoms with Crippen LogP contribution in [0.15, 0.2) is 18.2 Å². The van der Waals surface area contributed by atoms with E-state index in [0.29, 0.717) is 30.0 Å². The van der Waals surface area contributed by atoms with Crippen molar-refractivity contribution in [3.8, 4) is 0 Å². The summed E-state index contributed by atoms with van der Waals surface area (Å²) in [5.74, 6) is -0.102. The van der Waals surface area contributed by atoms with Gasteiger partial charge in [-0.15, -0.1) is 0 Å². The fourth-order valence-electron chi connectivity index (χ4n) is 1.87. The Hall–Kier alpha value is -1.43. The second-order valence-electron chi connectivity index (χ2n) is 3.92. The molecule has 0 aliphatic carbocycles. The minimum absolute atomic E-state index is 0.0812. The van der Waals surface area contributed by atoms with Crippen LogP contribution in [0.2, 0.25) is 0 Å². The van der Waals surface area contributed by atoms with Crippen LogP contribution in [-0.4, -0.2) is 35.9 Å². The van der Waals surface area contributed by atoms with Crippen molar-refractivity contribution in [1.29, 1.82) is 0 Å². The lowest BCUT2D eigenvalue weighted by atomic mass is 10.1. The first-order chi connectivity index (χ1) is 8.24. The van der Waals surface area contributed by atoms with E-state index in [1.807, 2.05) is 0 Å². The van der Waals surface area contributed by atoms with Crippen molar-refractivity contribution >= 4 is 11.6 Å². The Labute approximate surface area is 99.2 Å². The van der Waals surface area contributed by atoms with Crippen molar-refractivity contribution in [2.75, 3.05) is 24.7 Å². The minimum Gasteiger partial charge on any atom is -0.392 e. The number of benzene rings is 1. The highest BCUT2D eigenvalue weighted by atomic mass is 16.5. The van der Waals surface area contributed by atoms with Crippen LogP contribution in [0.1, 0.15) is 11.1 Å². The molecule has 1 fully saturated rings. The molecule has 0 saturated carbocycles. The molecule has 1 saturated heterocycles. The van der Waals surface area contributed by atoms with E-state index in [1.165, 1.54) is 0 Å². The summed E-state index contributed by atoms with van der Waals surface area (Å²) in [6.07, 6.45) is 0. The predicted molar refractivity (Wildman–Crippen MR) is 61.5 cm³/mol. The first-order valence-electron chi connectivity index (χ1n) is 5.47. The van der Waals surface area contributed by atoms with Crippen molar-refractivity contribution in [3.63, 3.8) is 0 Å². The number of hydrogen-bond donors (Lipinski definition) is 2. The molecule has 5 nitrogen and oxygen atoms in total. The van der Waals surface area contributed by atoms with Crippen LogP contribution >= 0.6 is 0 Å². The molecule has 1 aromatic rings. The van der Waals surface area contributed by atoms with Gasteiger partial charge in [0.1, 0.15) is 6.61 Å². The quantitative estimate of drug-likeness (QED) is 0.778. The van der Waals surface area contributed by atoms with Crippen molar-refractivity contribution in [1.82, 2.24) is 0 Å². The number of rotatable bonds is 3. The van der Waals surface area contributed by atoms with E-state index in [4.69, 9.17) is 14.9 Å². The maximum Gasteiger partial charge on any atom is 0.253 e. The Bertz CT molecular complexity index is 397. The molecule has 2 rings (SSSR count). The molecular weight excluding hydrogens is 222 g/mol. The fourth-order valence-corrected chi connectivity index (χ4v) is 1.87. The number of aliphatic hydroxyl groups excluding tert-OH is 2. The van der Waals surface area contributed by atoms with Gasteiger partial charge in [0.2, 0.25) is 0 Å². The van der Waals surface area contributed by atoms with Crippen molar-refractivity contribution in [2.45, 2.75) is 13.2 Å². The molecule has 0 bridgehead atoms. The molecule has 0 atom stereocenters. The van der Waals surface area contributed by atoms with Gasteiger partial charge in [0.05, 0.1) is 19.8 Å². The second-order valence-corrected chi connectivity index (χ2v) is 3.92. The summed E-state index contributed by atoms with van der Waals surface area (Å²) < 4.78 is 5.06. The van der Waals surface area contributed by atoms with Crippen LogP contribution in [0.25, 0.3) is 0 Å². The van der Waals surface area contributed by atoms with Crippen molar-refractivity contribution in [3.05, 3.63) is 29.3 Å². The third-order valence-corrected chi connectivity index (χ3v) is 2.70. The molecule has 1 aliphatic rings. The van der Waals surface area contributed by atoms with Gasteiger partial charge in [-0.3, -0.25) is 4.79 Å². The Balaban J connectivity index is 2.32. The molecule has 5 heteroatoms. The van der Waals surface area contributed by atoms with Gasteiger partial charge in [-0.25, -0.2) is 0 Å². The third kappa shape index (κ3) is 2.63. The van der Waals surface area contributed by atoms with Crippen LogP contribution in [0.4, 0.5) is 5.69 Å². The van der Waals surface area contributed by atoms with E-state index in [0.717, 1.165) is 0 Å². The summed E-state index contributed by atoms with van der Waals surface area (Å²) in [5, 5.41) is 18.3. The third-order valence-electron chi connectivity index (χ3n) is 2.70. The van der Waals surface area contributed by atoms with Gasteiger partial charge in [0.15, 0.2) is 0 Å². The lowest BCUT2D eigenvalue weighted by Crippen LogP contribution is -2.41. The average molecular weight is 237 g/mol. The Kier molecular flexibility index (Phi) is 3.73. The molecule has 1 amide bonds. The van der Waals surface area contributed by atoms with E-state index in [9.17, 15) is 4.79 Å². The molecule has 0 radical (unpaired) electrons. The van der Waals surface area contributed by atoms with Crippen LogP contribution in [0.3, 0.4) is 0 Å². The first kappa shape index (κ1) is 12.0. The van der Waals surface area contributed by atoms with E-state index < -0.39 is 0 Å². The Morgan fingerprint density at radius 2 is 1.82 bits per heavy atom. The molecule has 0 unspecified atom stereocenters. The van der Waals surface area contributed by atoms with Crippen LogP contribution < -0.4 is 4.90 Å². The summed E-state index contributed by atoms with van der Waals surface area (Å²) in [6, 6.07) is 5.22. The van der Waals surface area contributed by atoms with Gasteiger partial charge in [-0.05, 0) is 23.3 Å². The summed E-state index contributed by atoms with van der Waals surface area (Å²) in [6.45, 7) is 0.860. The molecular formula is C12H15NO4. The van der Waals surface area contributed by atoms with Crippen LogP contribution in [0, 0.1) is 0 Å². The molecule has 1 heterocycles. The number of nitrogens with zero attached hydrogens (tertiary/aromatic N) is 1. The van der Waals surface area contributed by atoms with E-state index in [2.05, 4.69) is 0 Å². The molecule has 1 aromatic carbocycles. The lowest BCUT2D eigenvalue weighted by molar-refractivity contribution is -0.125. The molecule has 0 spiro atoms. The number of carbonyl (C=O) groups excluding carboxylic acids is 1. The number of ether oxygens (including phenoxy) is 1. The van der Waals surface area contributed by atoms with Crippen LogP contribution in [0.5, 0.6) is 0 Å². The van der Waals surface area contributed by atoms with E-state index in [1.54, 1.807) is 23.1 Å². The summed E-state index contributed by atoms with van der Waals surface area (Å²) in [7, 11) is 0. The van der Waals surface area contributed by atoms with Gasteiger partial charge >= 0.3 is 0 Å². The van der Waals surface area contributed by atoms with E-state index in [-0.39, 0.29) is 25.7 Å². The molecule has 17 heavy (non-hydrogen) atoms. The fraction of sp³-hybridized carbons (Fsp3) is 0.417. The monoisotopic (exact) mass is 237 g/mol. The van der Waals surface area contributed by atoms with Gasteiger partial charge in [-0.2, -0.15) is 0 Å². The van der Waals surface area contributed by atoms with Gasteiger partial charge in [0, 0.05) is 12.2 Å². The highest BCUT2D eigenvalue weighted by Crippen LogP contribution is 2.21. The van der Waals surface area contributed by atoms with Crippen LogP contribution in [-0.2, 0) is 22.7 Å². The molecule has 92 valence electrons.